The molecule has 0 bridgehead atoms. The van der Waals surface area contributed by atoms with Gasteiger partial charge in [0.2, 0.25) is 0 Å². The molecule has 1 aromatic rings. The molecule has 0 aliphatic carbocycles. The monoisotopic (exact) mass is 272 g/mol. The molecule has 0 aromatic heterocycles. The molecule has 20 heavy (non-hydrogen) atoms. The number of Topliss-reactive ketones (excluding diaryl/α,β-unsaturated/α-hetero) is 1. The Kier molecular flexibility index (Phi) is 2.97. The summed E-state index contributed by atoms with van der Waals surface area (Å²) in [5.41, 5.74) is 1.09. The zero-order valence-corrected chi connectivity index (χ0v) is 11.2. The second-order valence-electron chi connectivity index (χ2n) is 5.04. The van der Waals surface area contributed by atoms with Crippen molar-refractivity contribution in [2.45, 2.75) is 18.9 Å². The molecule has 2 N–H and O–H groups in total. The van der Waals surface area contributed by atoms with Crippen LogP contribution in [-0.4, -0.2) is 41.3 Å². The van der Waals surface area contributed by atoms with E-state index in [9.17, 15) is 14.7 Å². The quantitative estimate of drug-likeness (QED) is 0.487. The van der Waals surface area contributed by atoms with Gasteiger partial charge in [-0.05, 0) is 25.0 Å². The normalized spacial score (nSPS) is 24.1. The second kappa shape index (κ2) is 4.67. The van der Waals surface area contributed by atoms with E-state index in [0.717, 1.165) is 6.42 Å². The zero-order chi connectivity index (χ0) is 14.3. The van der Waals surface area contributed by atoms with Gasteiger partial charge in [-0.25, -0.2) is 0 Å². The zero-order valence-electron chi connectivity index (χ0n) is 11.2. The second-order valence-corrected chi connectivity index (χ2v) is 5.04. The largest absolute Gasteiger partial charge is 0.506 e. The Balaban J connectivity index is 2.10. The summed E-state index contributed by atoms with van der Waals surface area (Å²) in [6.45, 7) is 0.597. The lowest BCUT2D eigenvalue weighted by atomic mass is 10.0. The molecule has 2 saturated heterocycles. The van der Waals surface area contributed by atoms with Crippen molar-refractivity contribution >= 4 is 23.1 Å². The first-order valence-corrected chi connectivity index (χ1v) is 6.70. The van der Waals surface area contributed by atoms with Crippen LogP contribution >= 0.6 is 0 Å². The number of aliphatic hydroxyl groups excluding tert-OH is 1. The van der Waals surface area contributed by atoms with Crippen molar-refractivity contribution < 1.29 is 14.7 Å². The Bertz CT molecular complexity index is 597. The number of nitrogens with zero attached hydrogens (tertiary/aromatic N) is 1. The molecule has 2 heterocycles. The van der Waals surface area contributed by atoms with E-state index in [0.29, 0.717) is 24.2 Å². The summed E-state index contributed by atoms with van der Waals surface area (Å²) in [6.07, 6.45) is 1.54. The summed E-state index contributed by atoms with van der Waals surface area (Å²) in [5, 5.41) is 13.3. The van der Waals surface area contributed by atoms with E-state index in [-0.39, 0.29) is 29.1 Å². The molecule has 5 nitrogen and oxygen atoms in total. The van der Waals surface area contributed by atoms with Crippen LogP contribution in [0.2, 0.25) is 0 Å². The molecular weight excluding hydrogens is 256 g/mol. The van der Waals surface area contributed by atoms with Gasteiger partial charge < -0.3 is 15.3 Å². The predicted octanol–water partition coefficient (Wildman–Crippen LogP) is 1.57. The van der Waals surface area contributed by atoms with Gasteiger partial charge in [0.1, 0.15) is 11.3 Å². The third kappa shape index (κ3) is 1.70. The first-order valence-electron chi connectivity index (χ1n) is 6.70. The van der Waals surface area contributed by atoms with Gasteiger partial charge in [-0.3, -0.25) is 9.59 Å². The van der Waals surface area contributed by atoms with E-state index in [4.69, 9.17) is 0 Å². The minimum Gasteiger partial charge on any atom is -0.506 e. The van der Waals surface area contributed by atoms with E-state index in [1.54, 1.807) is 30.1 Å². The van der Waals surface area contributed by atoms with Crippen molar-refractivity contribution in [3.8, 4) is 0 Å². The number of aliphatic hydroxyl groups is 1. The number of rotatable bonds is 2. The van der Waals surface area contributed by atoms with Gasteiger partial charge in [0.05, 0.1) is 6.04 Å². The van der Waals surface area contributed by atoms with E-state index >= 15 is 0 Å². The average molecular weight is 272 g/mol. The predicted molar refractivity (Wildman–Crippen MR) is 75.3 cm³/mol. The fraction of sp³-hybridized carbons (Fsp3) is 0.333. The lowest BCUT2D eigenvalue weighted by Crippen LogP contribution is -2.28. The number of carbonyl (C=O) groups excluding carboxylic acids is 2. The lowest BCUT2D eigenvalue weighted by molar-refractivity contribution is -0.125. The molecule has 0 radical (unpaired) electrons. The molecule has 1 atom stereocenters. The van der Waals surface area contributed by atoms with Crippen molar-refractivity contribution in [3.63, 3.8) is 0 Å². The molecule has 2 fully saturated rings. The molecular formula is C15H16N2O3. The van der Waals surface area contributed by atoms with Crippen LogP contribution in [0.25, 0.3) is 5.76 Å². The fourth-order valence-corrected chi connectivity index (χ4v) is 2.96. The Labute approximate surface area is 116 Å². The van der Waals surface area contributed by atoms with E-state index in [1.807, 2.05) is 6.07 Å². The highest BCUT2D eigenvalue weighted by Crippen LogP contribution is 2.34. The SMILES string of the molecule is CNc1ccccc1/C(O)=C1/C(=O)C2CCCN2C1=O. The third-order valence-electron chi connectivity index (χ3n) is 3.96. The Morgan fingerprint density at radius 1 is 1.35 bits per heavy atom. The highest BCUT2D eigenvalue weighted by atomic mass is 16.3. The molecule has 2 aliphatic heterocycles. The van der Waals surface area contributed by atoms with Gasteiger partial charge >= 0.3 is 0 Å². The number of nitrogens with one attached hydrogen (secondary N) is 1. The third-order valence-corrected chi connectivity index (χ3v) is 3.96. The number of carbonyl (C=O) groups is 2. The van der Waals surface area contributed by atoms with Crippen LogP contribution < -0.4 is 5.32 Å². The summed E-state index contributed by atoms with van der Waals surface area (Å²) in [7, 11) is 1.73. The van der Waals surface area contributed by atoms with Gasteiger partial charge in [0.25, 0.3) is 5.91 Å². The minimum absolute atomic E-state index is 0.0719. The highest BCUT2D eigenvalue weighted by molar-refractivity contribution is 6.30. The molecule has 0 spiro atoms. The van der Waals surface area contributed by atoms with E-state index < -0.39 is 0 Å². The topological polar surface area (TPSA) is 69.6 Å². The summed E-state index contributed by atoms with van der Waals surface area (Å²) >= 11 is 0. The van der Waals surface area contributed by atoms with Gasteiger partial charge in [-0.2, -0.15) is 0 Å². The van der Waals surface area contributed by atoms with Gasteiger partial charge in [0, 0.05) is 24.8 Å². The number of amides is 1. The fourth-order valence-electron chi connectivity index (χ4n) is 2.96. The number of fused-ring (bicyclic) bond motifs is 1. The molecule has 104 valence electrons. The number of para-hydroxylation sites is 1. The van der Waals surface area contributed by atoms with Crippen molar-refractivity contribution in [2.75, 3.05) is 18.9 Å². The lowest BCUT2D eigenvalue weighted by Gasteiger charge is -2.12. The van der Waals surface area contributed by atoms with Crippen molar-refractivity contribution in [2.24, 2.45) is 0 Å². The number of benzene rings is 1. The van der Waals surface area contributed by atoms with E-state index in [1.165, 1.54) is 0 Å². The maximum atomic E-state index is 12.3. The standard InChI is InChI=1S/C15H16N2O3/c1-16-10-6-3-2-5-9(10)13(18)12-14(19)11-7-4-8-17(11)15(12)20/h2-3,5-6,11,16,18H,4,7-8H2,1H3/b13-12+. The van der Waals surface area contributed by atoms with E-state index in [2.05, 4.69) is 5.32 Å². The van der Waals surface area contributed by atoms with Crippen molar-refractivity contribution in [3.05, 3.63) is 35.4 Å². The smallest absolute Gasteiger partial charge is 0.261 e. The number of anilines is 1. The van der Waals surface area contributed by atoms with Crippen molar-refractivity contribution in [1.29, 1.82) is 0 Å². The van der Waals surface area contributed by atoms with Gasteiger partial charge in [0.15, 0.2) is 5.78 Å². The van der Waals surface area contributed by atoms with Crippen LogP contribution in [0.3, 0.4) is 0 Å². The van der Waals surface area contributed by atoms with Crippen LogP contribution in [-0.2, 0) is 9.59 Å². The maximum absolute atomic E-state index is 12.3. The summed E-state index contributed by atoms with van der Waals surface area (Å²) in [6, 6.07) is 6.69. The Hall–Kier alpha value is -2.30. The van der Waals surface area contributed by atoms with Crippen LogP contribution in [0.5, 0.6) is 0 Å². The molecule has 3 rings (SSSR count). The van der Waals surface area contributed by atoms with Crippen LogP contribution in [0.4, 0.5) is 5.69 Å². The number of hydrogen-bond donors (Lipinski definition) is 2. The average Bonchev–Trinajstić information content (AvgIpc) is 3.03. The summed E-state index contributed by atoms with van der Waals surface area (Å²) < 4.78 is 0. The molecule has 1 unspecified atom stereocenters. The summed E-state index contributed by atoms with van der Waals surface area (Å²) in [4.78, 5) is 26.2. The molecule has 1 amide bonds. The van der Waals surface area contributed by atoms with Crippen LogP contribution in [0.15, 0.2) is 29.8 Å². The minimum atomic E-state index is -0.374. The van der Waals surface area contributed by atoms with Gasteiger partial charge in [-0.1, -0.05) is 12.1 Å². The Morgan fingerprint density at radius 3 is 2.80 bits per heavy atom. The van der Waals surface area contributed by atoms with Gasteiger partial charge in [-0.15, -0.1) is 0 Å². The number of hydrogen-bond acceptors (Lipinski definition) is 4. The highest BCUT2D eigenvalue weighted by Gasteiger charge is 2.47. The summed E-state index contributed by atoms with van der Waals surface area (Å²) in [5.74, 6) is -0.823. The maximum Gasteiger partial charge on any atom is 0.261 e. The number of ketones is 1. The molecule has 1 aromatic carbocycles. The first-order chi connectivity index (χ1) is 9.65. The van der Waals surface area contributed by atoms with Crippen LogP contribution in [0, 0.1) is 0 Å². The molecule has 0 saturated carbocycles. The Morgan fingerprint density at radius 2 is 2.10 bits per heavy atom. The van der Waals surface area contributed by atoms with Crippen molar-refractivity contribution in [1.82, 2.24) is 4.90 Å². The molecule has 2 aliphatic rings. The molecule has 5 heteroatoms. The first kappa shape index (κ1) is 12.7. The van der Waals surface area contributed by atoms with Crippen LogP contribution in [0.1, 0.15) is 18.4 Å².